The molecule has 0 N–H and O–H groups in total. The molecule has 0 fully saturated rings. The Bertz CT molecular complexity index is 619. The Morgan fingerprint density at radius 2 is 2.10 bits per heavy atom. The molecule has 1 aliphatic carbocycles. The minimum atomic E-state index is -0.0698. The van der Waals surface area contributed by atoms with Crippen LogP contribution < -0.4 is 4.74 Å². The molecule has 2 atom stereocenters. The van der Waals surface area contributed by atoms with Crippen LogP contribution in [0.3, 0.4) is 0 Å². The number of ketones is 1. The number of hydrogen-bond donors (Lipinski definition) is 0. The predicted octanol–water partition coefficient (Wildman–Crippen LogP) is 4.65. The number of alkyl halides is 2. The van der Waals surface area contributed by atoms with Crippen molar-refractivity contribution in [2.75, 3.05) is 0 Å². The summed E-state index contributed by atoms with van der Waals surface area (Å²) >= 11 is 6.94. The van der Waals surface area contributed by atoms with Crippen molar-refractivity contribution < 1.29 is 9.53 Å². The van der Waals surface area contributed by atoms with Crippen molar-refractivity contribution in [1.82, 2.24) is 0 Å². The number of ether oxygens (including phenoxy) is 1. The number of Topliss-reactive ketones (excluding diaryl/α,β-unsaturated/α-hetero) is 1. The topological polar surface area (TPSA) is 26.3 Å². The molecule has 0 aromatic heterocycles. The van der Waals surface area contributed by atoms with E-state index in [9.17, 15) is 4.79 Å². The molecule has 2 aliphatic rings. The van der Waals surface area contributed by atoms with Crippen molar-refractivity contribution in [2.24, 2.45) is 0 Å². The Kier molecular flexibility index (Phi) is 3.87. The van der Waals surface area contributed by atoms with Gasteiger partial charge in [-0.1, -0.05) is 34.7 Å². The number of fused-ring (bicyclic) bond motifs is 2. The van der Waals surface area contributed by atoms with Gasteiger partial charge in [0.05, 0.1) is 4.83 Å². The molecule has 3 rings (SSSR count). The van der Waals surface area contributed by atoms with Crippen LogP contribution in [0.2, 0.25) is 0 Å². The zero-order valence-corrected chi connectivity index (χ0v) is 14.0. The molecule has 0 saturated heterocycles. The van der Waals surface area contributed by atoms with Crippen LogP contribution in [0.1, 0.15) is 34.3 Å². The molecule has 0 bridgehead atoms. The van der Waals surface area contributed by atoms with Gasteiger partial charge in [0.1, 0.15) is 5.75 Å². The average Bonchev–Trinajstić information content (AvgIpc) is 2.42. The fourth-order valence-electron chi connectivity index (χ4n) is 2.75. The summed E-state index contributed by atoms with van der Waals surface area (Å²) in [7, 11) is 0. The highest BCUT2D eigenvalue weighted by molar-refractivity contribution is 9.10. The molecule has 2 unspecified atom stereocenters. The lowest BCUT2D eigenvalue weighted by Crippen LogP contribution is -2.24. The maximum Gasteiger partial charge on any atom is 0.176 e. The number of allylic oxidation sites excluding steroid dienone is 2. The molecular formula is C16H14Br2O2. The van der Waals surface area contributed by atoms with Gasteiger partial charge < -0.3 is 4.74 Å². The van der Waals surface area contributed by atoms with E-state index < -0.39 is 0 Å². The third-order valence-electron chi connectivity index (χ3n) is 3.72. The van der Waals surface area contributed by atoms with Gasteiger partial charge in [0.25, 0.3) is 0 Å². The molecule has 1 aromatic rings. The van der Waals surface area contributed by atoms with Gasteiger partial charge in [0, 0.05) is 17.5 Å². The minimum Gasteiger partial charge on any atom is -0.478 e. The molecule has 20 heavy (non-hydrogen) atoms. The first-order valence-corrected chi connectivity index (χ1v) is 8.41. The highest BCUT2D eigenvalue weighted by Crippen LogP contribution is 2.41. The second kappa shape index (κ2) is 5.49. The summed E-state index contributed by atoms with van der Waals surface area (Å²) in [5.74, 6) is 0.934. The van der Waals surface area contributed by atoms with Crippen LogP contribution in [0.5, 0.6) is 5.75 Å². The van der Waals surface area contributed by atoms with E-state index in [2.05, 4.69) is 44.5 Å². The summed E-state index contributed by atoms with van der Waals surface area (Å²) in [6, 6.07) is 4.00. The molecule has 0 saturated carbocycles. The van der Waals surface area contributed by atoms with Crippen molar-refractivity contribution in [3.63, 3.8) is 0 Å². The van der Waals surface area contributed by atoms with Crippen molar-refractivity contribution in [2.45, 2.75) is 29.1 Å². The van der Waals surface area contributed by atoms with Crippen LogP contribution in [0.25, 0.3) is 5.57 Å². The number of rotatable bonds is 1. The highest BCUT2D eigenvalue weighted by Gasteiger charge is 2.29. The first-order valence-electron chi connectivity index (χ1n) is 6.58. The van der Waals surface area contributed by atoms with Gasteiger partial charge in [0.15, 0.2) is 10.8 Å². The third-order valence-corrected chi connectivity index (χ3v) is 5.11. The van der Waals surface area contributed by atoms with Crippen molar-refractivity contribution >= 4 is 43.2 Å². The van der Waals surface area contributed by atoms with Crippen molar-refractivity contribution in [1.29, 1.82) is 0 Å². The van der Waals surface area contributed by atoms with Crippen LogP contribution in [-0.2, 0) is 6.42 Å². The Morgan fingerprint density at radius 3 is 2.85 bits per heavy atom. The SMILES string of the molecule is C=C/C=C1\CC(Br)Oc2cc3c(cc21)CCC(Br)C3=O. The predicted molar refractivity (Wildman–Crippen MR) is 87.9 cm³/mol. The summed E-state index contributed by atoms with van der Waals surface area (Å²) in [5, 5.41) is -0.0577. The van der Waals surface area contributed by atoms with E-state index in [0.717, 1.165) is 41.7 Å². The lowest BCUT2D eigenvalue weighted by atomic mass is 9.86. The van der Waals surface area contributed by atoms with Gasteiger partial charge in [0.2, 0.25) is 0 Å². The van der Waals surface area contributed by atoms with E-state index in [1.807, 2.05) is 12.1 Å². The van der Waals surface area contributed by atoms with Crippen LogP contribution >= 0.6 is 31.9 Å². The molecular weight excluding hydrogens is 384 g/mol. The second-order valence-corrected chi connectivity index (χ2v) is 7.16. The largest absolute Gasteiger partial charge is 0.478 e. The van der Waals surface area contributed by atoms with Crippen LogP contribution in [0, 0.1) is 0 Å². The Labute approximate surface area is 135 Å². The van der Waals surface area contributed by atoms with E-state index in [1.54, 1.807) is 6.08 Å². The first-order chi connectivity index (χ1) is 9.60. The summed E-state index contributed by atoms with van der Waals surface area (Å²) in [6.07, 6.45) is 6.38. The number of carbonyl (C=O) groups excluding carboxylic acids is 1. The lowest BCUT2D eigenvalue weighted by molar-refractivity contribution is 0.0981. The highest BCUT2D eigenvalue weighted by atomic mass is 79.9. The molecule has 104 valence electrons. The zero-order valence-electron chi connectivity index (χ0n) is 10.9. The van der Waals surface area contributed by atoms with Gasteiger partial charge in [-0.2, -0.15) is 0 Å². The number of halogens is 2. The zero-order chi connectivity index (χ0) is 14.3. The maximum absolute atomic E-state index is 12.2. The summed E-state index contributed by atoms with van der Waals surface area (Å²) < 4.78 is 5.83. The molecule has 1 aromatic carbocycles. The molecule has 0 radical (unpaired) electrons. The van der Waals surface area contributed by atoms with Gasteiger partial charge in [-0.25, -0.2) is 0 Å². The van der Waals surface area contributed by atoms with Crippen molar-refractivity contribution in [3.8, 4) is 5.75 Å². The minimum absolute atomic E-state index is 0.0577. The number of hydrogen-bond acceptors (Lipinski definition) is 2. The third kappa shape index (κ3) is 2.40. The van der Waals surface area contributed by atoms with Gasteiger partial charge in [-0.15, -0.1) is 0 Å². The number of aryl methyl sites for hydroxylation is 1. The number of benzene rings is 1. The number of carbonyl (C=O) groups is 1. The van der Waals surface area contributed by atoms with Gasteiger partial charge >= 0.3 is 0 Å². The van der Waals surface area contributed by atoms with Gasteiger partial charge in [-0.05, 0) is 52.0 Å². The van der Waals surface area contributed by atoms with E-state index >= 15 is 0 Å². The fraction of sp³-hybridized carbons (Fsp3) is 0.312. The maximum atomic E-state index is 12.2. The summed E-state index contributed by atoms with van der Waals surface area (Å²) in [6.45, 7) is 3.77. The Hall–Kier alpha value is -0.870. The first kappa shape index (κ1) is 14.1. The lowest BCUT2D eigenvalue weighted by Gasteiger charge is -2.28. The van der Waals surface area contributed by atoms with Gasteiger partial charge in [-0.3, -0.25) is 4.79 Å². The van der Waals surface area contributed by atoms with E-state index in [-0.39, 0.29) is 15.6 Å². The van der Waals surface area contributed by atoms with E-state index in [4.69, 9.17) is 4.74 Å². The van der Waals surface area contributed by atoms with E-state index in [1.165, 1.54) is 5.57 Å². The monoisotopic (exact) mass is 396 g/mol. The molecule has 2 nitrogen and oxygen atoms in total. The quantitative estimate of drug-likeness (QED) is 0.644. The molecule has 1 aliphatic heterocycles. The molecule has 0 amide bonds. The fourth-order valence-corrected chi connectivity index (χ4v) is 3.78. The van der Waals surface area contributed by atoms with Crippen molar-refractivity contribution in [3.05, 3.63) is 47.6 Å². The summed E-state index contributed by atoms with van der Waals surface area (Å²) in [5.41, 5.74) is 4.19. The van der Waals surface area contributed by atoms with E-state index in [0.29, 0.717) is 0 Å². The Balaban J connectivity index is 2.14. The summed E-state index contributed by atoms with van der Waals surface area (Å²) in [4.78, 5) is 12.2. The smallest absolute Gasteiger partial charge is 0.176 e. The normalized spacial score (nSPS) is 26.7. The standard InChI is InChI=1S/C16H14Br2O2/c1-2-3-9-7-15(18)20-14-8-12-10(6-11(9)14)4-5-13(17)16(12)19/h2-3,6,8,13,15H,1,4-5,7H2/b9-3+. The Morgan fingerprint density at radius 1 is 1.30 bits per heavy atom. The molecule has 1 heterocycles. The average molecular weight is 398 g/mol. The van der Waals surface area contributed by atoms with Crippen LogP contribution in [0.15, 0.2) is 30.9 Å². The molecule has 4 heteroatoms. The second-order valence-electron chi connectivity index (χ2n) is 5.04. The molecule has 0 spiro atoms. The van der Waals surface area contributed by atoms with Crippen LogP contribution in [0.4, 0.5) is 0 Å². The van der Waals surface area contributed by atoms with Crippen LogP contribution in [-0.4, -0.2) is 15.6 Å².